The molecule has 2 rings (SSSR count). The topological polar surface area (TPSA) is 50.8 Å². The average molecular weight is 409 g/mol. The summed E-state index contributed by atoms with van der Waals surface area (Å²) in [7, 11) is 0. The molecule has 1 saturated heterocycles. The van der Waals surface area contributed by atoms with Crippen LogP contribution >= 0.6 is 24.0 Å². The standard InChI is InChI=1S/C16H31N3O.HI/c1-2-3-4-14-5-7-15(8-6-14)13-18-16(17)19-9-11-20-12-10-19;/h14-15H,2-13H2,1H3,(H2,17,18);1H. The van der Waals surface area contributed by atoms with Crippen LogP contribution < -0.4 is 5.73 Å². The van der Waals surface area contributed by atoms with Crippen molar-refractivity contribution in [3.05, 3.63) is 0 Å². The zero-order chi connectivity index (χ0) is 14.2. The maximum atomic E-state index is 6.08. The van der Waals surface area contributed by atoms with E-state index in [1.807, 2.05) is 0 Å². The van der Waals surface area contributed by atoms with E-state index in [1.54, 1.807) is 0 Å². The molecule has 1 saturated carbocycles. The Kier molecular flexibility index (Phi) is 9.64. The lowest BCUT2D eigenvalue weighted by atomic mass is 9.80. The summed E-state index contributed by atoms with van der Waals surface area (Å²) in [5.41, 5.74) is 6.08. The van der Waals surface area contributed by atoms with E-state index in [0.717, 1.165) is 50.6 Å². The van der Waals surface area contributed by atoms with Gasteiger partial charge in [-0.3, -0.25) is 4.99 Å². The van der Waals surface area contributed by atoms with Crippen molar-refractivity contribution in [2.45, 2.75) is 51.9 Å². The van der Waals surface area contributed by atoms with Gasteiger partial charge in [0, 0.05) is 19.6 Å². The Hall–Kier alpha value is -0.0400. The Morgan fingerprint density at radius 3 is 2.38 bits per heavy atom. The van der Waals surface area contributed by atoms with Crippen molar-refractivity contribution in [2.75, 3.05) is 32.8 Å². The summed E-state index contributed by atoms with van der Waals surface area (Å²) in [6.45, 7) is 6.54. The highest BCUT2D eigenvalue weighted by Crippen LogP contribution is 2.31. The van der Waals surface area contributed by atoms with Gasteiger partial charge in [-0.2, -0.15) is 0 Å². The molecule has 5 heteroatoms. The highest BCUT2D eigenvalue weighted by atomic mass is 127. The fraction of sp³-hybridized carbons (Fsp3) is 0.938. The van der Waals surface area contributed by atoms with Gasteiger partial charge in [0.25, 0.3) is 0 Å². The van der Waals surface area contributed by atoms with Crippen LogP contribution in [0.2, 0.25) is 0 Å². The van der Waals surface area contributed by atoms with Crippen molar-refractivity contribution >= 4 is 29.9 Å². The van der Waals surface area contributed by atoms with Crippen LogP contribution in [-0.2, 0) is 4.74 Å². The number of hydrogen-bond donors (Lipinski definition) is 1. The summed E-state index contributed by atoms with van der Waals surface area (Å²) in [6.07, 6.45) is 9.65. The first kappa shape index (κ1) is 19.0. The molecule has 0 aromatic heterocycles. The highest BCUT2D eigenvalue weighted by Gasteiger charge is 2.21. The van der Waals surface area contributed by atoms with E-state index in [4.69, 9.17) is 10.5 Å². The summed E-state index contributed by atoms with van der Waals surface area (Å²) in [5, 5.41) is 0. The second-order valence-corrected chi connectivity index (χ2v) is 6.33. The molecule has 0 atom stereocenters. The smallest absolute Gasteiger partial charge is 0.191 e. The number of nitrogens with two attached hydrogens (primary N) is 1. The van der Waals surface area contributed by atoms with Gasteiger partial charge in [0.2, 0.25) is 0 Å². The molecule has 0 spiro atoms. The van der Waals surface area contributed by atoms with Gasteiger partial charge in [-0.15, -0.1) is 24.0 Å². The predicted octanol–water partition coefficient (Wildman–Crippen LogP) is 3.25. The fourth-order valence-electron chi connectivity index (χ4n) is 3.31. The largest absolute Gasteiger partial charge is 0.378 e. The van der Waals surface area contributed by atoms with Gasteiger partial charge in [0.1, 0.15) is 0 Å². The molecule has 0 radical (unpaired) electrons. The van der Waals surface area contributed by atoms with Crippen molar-refractivity contribution in [1.82, 2.24) is 4.90 Å². The number of unbranched alkanes of at least 4 members (excludes halogenated alkanes) is 1. The van der Waals surface area contributed by atoms with Crippen LogP contribution in [0.5, 0.6) is 0 Å². The van der Waals surface area contributed by atoms with Gasteiger partial charge in [0.15, 0.2) is 5.96 Å². The molecule has 0 amide bonds. The third-order valence-electron chi connectivity index (χ3n) is 4.78. The average Bonchev–Trinajstić information content (AvgIpc) is 2.52. The number of hydrogen-bond acceptors (Lipinski definition) is 2. The van der Waals surface area contributed by atoms with Crippen molar-refractivity contribution in [3.63, 3.8) is 0 Å². The van der Waals surface area contributed by atoms with Gasteiger partial charge in [-0.25, -0.2) is 0 Å². The van der Waals surface area contributed by atoms with Crippen LogP contribution in [0.3, 0.4) is 0 Å². The van der Waals surface area contributed by atoms with E-state index in [-0.39, 0.29) is 24.0 Å². The lowest BCUT2D eigenvalue weighted by Gasteiger charge is -2.29. The lowest BCUT2D eigenvalue weighted by Crippen LogP contribution is -2.45. The van der Waals surface area contributed by atoms with E-state index in [1.165, 1.54) is 44.9 Å². The van der Waals surface area contributed by atoms with Crippen molar-refractivity contribution < 1.29 is 4.74 Å². The third kappa shape index (κ3) is 6.72. The lowest BCUT2D eigenvalue weighted by molar-refractivity contribution is 0.0673. The number of guanidine groups is 1. The summed E-state index contributed by atoms with van der Waals surface area (Å²) < 4.78 is 5.34. The van der Waals surface area contributed by atoms with Crippen LogP contribution in [0.25, 0.3) is 0 Å². The minimum Gasteiger partial charge on any atom is -0.378 e. The Morgan fingerprint density at radius 2 is 1.76 bits per heavy atom. The summed E-state index contributed by atoms with van der Waals surface area (Å²) >= 11 is 0. The van der Waals surface area contributed by atoms with Gasteiger partial charge in [-0.05, 0) is 24.7 Å². The minimum atomic E-state index is 0. The fourth-order valence-corrected chi connectivity index (χ4v) is 3.31. The number of ether oxygens (including phenoxy) is 1. The maximum absolute atomic E-state index is 6.08. The van der Waals surface area contributed by atoms with Crippen LogP contribution in [-0.4, -0.2) is 43.7 Å². The molecule has 0 unspecified atom stereocenters. The first-order valence-electron chi connectivity index (χ1n) is 8.42. The second-order valence-electron chi connectivity index (χ2n) is 6.33. The minimum absolute atomic E-state index is 0. The summed E-state index contributed by atoms with van der Waals surface area (Å²) in [6, 6.07) is 0. The van der Waals surface area contributed by atoms with Gasteiger partial charge >= 0.3 is 0 Å². The Morgan fingerprint density at radius 1 is 1.14 bits per heavy atom. The molecule has 0 aromatic rings. The summed E-state index contributed by atoms with van der Waals surface area (Å²) in [4.78, 5) is 6.77. The zero-order valence-corrected chi connectivity index (χ0v) is 15.8. The Bertz CT molecular complexity index is 298. The van der Waals surface area contributed by atoms with Crippen LogP contribution in [0.1, 0.15) is 51.9 Å². The molecule has 1 aliphatic heterocycles. The van der Waals surface area contributed by atoms with E-state index < -0.39 is 0 Å². The van der Waals surface area contributed by atoms with Crippen molar-refractivity contribution in [3.8, 4) is 0 Å². The van der Waals surface area contributed by atoms with Crippen molar-refractivity contribution in [2.24, 2.45) is 22.6 Å². The zero-order valence-electron chi connectivity index (χ0n) is 13.4. The van der Waals surface area contributed by atoms with E-state index in [0.29, 0.717) is 0 Å². The van der Waals surface area contributed by atoms with Crippen LogP contribution in [0.4, 0.5) is 0 Å². The highest BCUT2D eigenvalue weighted by molar-refractivity contribution is 14.0. The second kappa shape index (κ2) is 10.6. The molecular formula is C16H32IN3O. The number of halogens is 1. The first-order valence-corrected chi connectivity index (χ1v) is 8.42. The Labute approximate surface area is 146 Å². The molecule has 2 N–H and O–H groups in total. The SMILES string of the molecule is CCCCC1CCC(CN=C(N)N2CCOCC2)CC1.I. The quantitative estimate of drug-likeness (QED) is 0.431. The van der Waals surface area contributed by atoms with Crippen LogP contribution in [0, 0.1) is 11.8 Å². The monoisotopic (exact) mass is 409 g/mol. The number of morpholine rings is 1. The van der Waals surface area contributed by atoms with E-state index in [2.05, 4.69) is 16.8 Å². The molecule has 1 heterocycles. The number of rotatable bonds is 5. The molecular weight excluding hydrogens is 377 g/mol. The predicted molar refractivity (Wildman–Crippen MR) is 99.3 cm³/mol. The molecule has 2 aliphatic rings. The number of aliphatic imine (C=N–C) groups is 1. The molecule has 1 aliphatic carbocycles. The summed E-state index contributed by atoms with van der Waals surface area (Å²) in [5.74, 6) is 2.46. The normalized spacial score (nSPS) is 27.3. The van der Waals surface area contributed by atoms with E-state index >= 15 is 0 Å². The molecule has 4 nitrogen and oxygen atoms in total. The molecule has 0 bridgehead atoms. The maximum Gasteiger partial charge on any atom is 0.191 e. The van der Waals surface area contributed by atoms with Gasteiger partial charge in [-0.1, -0.05) is 39.0 Å². The number of nitrogens with zero attached hydrogens (tertiary/aromatic N) is 2. The van der Waals surface area contributed by atoms with Gasteiger partial charge in [0.05, 0.1) is 13.2 Å². The van der Waals surface area contributed by atoms with E-state index in [9.17, 15) is 0 Å². The Balaban J connectivity index is 0.00000220. The van der Waals surface area contributed by atoms with Crippen LogP contribution in [0.15, 0.2) is 4.99 Å². The molecule has 21 heavy (non-hydrogen) atoms. The van der Waals surface area contributed by atoms with Crippen molar-refractivity contribution in [1.29, 1.82) is 0 Å². The molecule has 2 fully saturated rings. The molecule has 0 aromatic carbocycles. The van der Waals surface area contributed by atoms with Gasteiger partial charge < -0.3 is 15.4 Å². The molecule has 124 valence electrons. The third-order valence-corrected chi connectivity index (χ3v) is 4.78. The first-order chi connectivity index (χ1) is 9.79.